The molecular formula is C10H13ClN2. The minimum absolute atomic E-state index is 0.624. The van der Waals surface area contributed by atoms with Crippen LogP contribution in [0.25, 0.3) is 0 Å². The Morgan fingerprint density at radius 2 is 2.31 bits per heavy atom. The summed E-state index contributed by atoms with van der Waals surface area (Å²) >= 11 is 6.09. The first kappa shape index (κ1) is 8.82. The van der Waals surface area contributed by atoms with Gasteiger partial charge in [0.05, 0.1) is 16.4 Å². The molecule has 0 spiro atoms. The van der Waals surface area contributed by atoms with E-state index in [1.165, 1.54) is 19.3 Å². The van der Waals surface area contributed by atoms with E-state index in [2.05, 4.69) is 10.3 Å². The van der Waals surface area contributed by atoms with E-state index >= 15 is 0 Å². The lowest BCUT2D eigenvalue weighted by Crippen LogP contribution is -2.27. The second-order valence-corrected chi connectivity index (χ2v) is 3.91. The van der Waals surface area contributed by atoms with Crippen LogP contribution in [0, 0.1) is 6.92 Å². The van der Waals surface area contributed by atoms with Gasteiger partial charge in [0.15, 0.2) is 0 Å². The molecule has 13 heavy (non-hydrogen) atoms. The van der Waals surface area contributed by atoms with Gasteiger partial charge in [0.2, 0.25) is 0 Å². The second-order valence-electron chi connectivity index (χ2n) is 3.53. The van der Waals surface area contributed by atoms with Gasteiger partial charge in [0.25, 0.3) is 0 Å². The first-order chi connectivity index (χ1) is 6.27. The monoisotopic (exact) mass is 196 g/mol. The van der Waals surface area contributed by atoms with Crippen LogP contribution in [-0.2, 0) is 0 Å². The average Bonchev–Trinajstić information content (AvgIpc) is 2.04. The molecule has 0 aromatic carbocycles. The molecule has 0 saturated heterocycles. The third-order valence-corrected chi connectivity index (χ3v) is 3.01. The van der Waals surface area contributed by atoms with E-state index in [0.29, 0.717) is 6.04 Å². The van der Waals surface area contributed by atoms with Gasteiger partial charge in [-0.25, -0.2) is 0 Å². The molecule has 1 fully saturated rings. The van der Waals surface area contributed by atoms with Crippen molar-refractivity contribution in [2.75, 3.05) is 5.32 Å². The molecule has 70 valence electrons. The molecule has 0 aliphatic heterocycles. The smallest absolute Gasteiger partial charge is 0.0849 e. The van der Waals surface area contributed by atoms with E-state index in [-0.39, 0.29) is 0 Å². The quantitative estimate of drug-likeness (QED) is 0.787. The Morgan fingerprint density at radius 3 is 2.92 bits per heavy atom. The number of halogens is 1. The summed E-state index contributed by atoms with van der Waals surface area (Å²) in [5.41, 5.74) is 1.92. The van der Waals surface area contributed by atoms with Crippen molar-refractivity contribution >= 4 is 17.3 Å². The van der Waals surface area contributed by atoms with Crippen LogP contribution in [0.2, 0.25) is 5.02 Å². The average molecular weight is 197 g/mol. The lowest BCUT2D eigenvalue weighted by atomic mass is 9.93. The van der Waals surface area contributed by atoms with Crippen LogP contribution in [0.4, 0.5) is 5.69 Å². The van der Waals surface area contributed by atoms with Crippen LogP contribution in [-0.4, -0.2) is 11.0 Å². The SMILES string of the molecule is Cc1nccc(NC2CCC2)c1Cl. The molecule has 1 aliphatic carbocycles. The highest BCUT2D eigenvalue weighted by Gasteiger charge is 2.18. The number of aryl methyl sites for hydroxylation is 1. The van der Waals surface area contributed by atoms with E-state index in [1.54, 1.807) is 6.20 Å². The molecule has 0 amide bonds. The highest BCUT2D eigenvalue weighted by Crippen LogP contribution is 2.28. The molecule has 0 unspecified atom stereocenters. The summed E-state index contributed by atoms with van der Waals surface area (Å²) in [6.07, 6.45) is 5.65. The van der Waals surface area contributed by atoms with Crippen LogP contribution in [0.3, 0.4) is 0 Å². The van der Waals surface area contributed by atoms with Crippen molar-refractivity contribution in [1.82, 2.24) is 4.98 Å². The van der Waals surface area contributed by atoms with Gasteiger partial charge < -0.3 is 5.32 Å². The zero-order chi connectivity index (χ0) is 9.26. The standard InChI is InChI=1S/C10H13ClN2/c1-7-10(11)9(5-6-12-7)13-8-3-2-4-8/h5-6,8H,2-4H2,1H3,(H,12,13). The van der Waals surface area contributed by atoms with Crippen molar-refractivity contribution < 1.29 is 0 Å². The van der Waals surface area contributed by atoms with Gasteiger partial charge in [-0.1, -0.05) is 11.6 Å². The molecule has 0 radical (unpaired) electrons. The maximum Gasteiger partial charge on any atom is 0.0849 e. The second kappa shape index (κ2) is 3.54. The van der Waals surface area contributed by atoms with Crippen molar-refractivity contribution in [3.8, 4) is 0 Å². The third-order valence-electron chi connectivity index (χ3n) is 2.53. The van der Waals surface area contributed by atoms with Crippen molar-refractivity contribution in [2.45, 2.75) is 32.2 Å². The number of hydrogen-bond acceptors (Lipinski definition) is 2. The molecule has 1 aliphatic rings. The summed E-state index contributed by atoms with van der Waals surface area (Å²) in [6.45, 7) is 1.92. The Morgan fingerprint density at radius 1 is 1.54 bits per heavy atom. The van der Waals surface area contributed by atoms with Crippen molar-refractivity contribution in [3.05, 3.63) is 23.0 Å². The van der Waals surface area contributed by atoms with Gasteiger partial charge in [-0.2, -0.15) is 0 Å². The van der Waals surface area contributed by atoms with E-state index in [9.17, 15) is 0 Å². The Bertz CT molecular complexity index is 308. The number of hydrogen-bond donors (Lipinski definition) is 1. The Hall–Kier alpha value is -0.760. The van der Waals surface area contributed by atoms with Crippen LogP contribution in [0.1, 0.15) is 25.0 Å². The normalized spacial score (nSPS) is 16.8. The zero-order valence-electron chi connectivity index (χ0n) is 7.68. The van der Waals surface area contributed by atoms with Gasteiger partial charge in [-0.3, -0.25) is 4.98 Å². The summed E-state index contributed by atoms with van der Waals surface area (Å²) in [5.74, 6) is 0. The molecule has 2 nitrogen and oxygen atoms in total. The minimum atomic E-state index is 0.624. The van der Waals surface area contributed by atoms with Gasteiger partial charge in [0.1, 0.15) is 0 Å². The summed E-state index contributed by atoms with van der Waals surface area (Å²) in [6, 6.07) is 2.56. The number of rotatable bonds is 2. The van der Waals surface area contributed by atoms with Crippen LogP contribution < -0.4 is 5.32 Å². The van der Waals surface area contributed by atoms with E-state index in [4.69, 9.17) is 11.6 Å². The van der Waals surface area contributed by atoms with Crippen LogP contribution >= 0.6 is 11.6 Å². The number of nitrogens with zero attached hydrogens (tertiary/aromatic N) is 1. The topological polar surface area (TPSA) is 24.9 Å². The maximum absolute atomic E-state index is 6.09. The van der Waals surface area contributed by atoms with Crippen molar-refractivity contribution in [3.63, 3.8) is 0 Å². The fourth-order valence-electron chi connectivity index (χ4n) is 1.43. The minimum Gasteiger partial charge on any atom is -0.381 e. The summed E-state index contributed by atoms with van der Waals surface area (Å²) in [4.78, 5) is 4.12. The molecule has 0 atom stereocenters. The zero-order valence-corrected chi connectivity index (χ0v) is 8.43. The predicted octanol–water partition coefficient (Wildman–Crippen LogP) is 3.01. The molecule has 1 N–H and O–H groups in total. The van der Waals surface area contributed by atoms with E-state index in [1.807, 2.05) is 13.0 Å². The number of nitrogens with one attached hydrogen (secondary N) is 1. The highest BCUT2D eigenvalue weighted by molar-refractivity contribution is 6.33. The predicted molar refractivity (Wildman–Crippen MR) is 55.2 cm³/mol. The highest BCUT2D eigenvalue weighted by atomic mass is 35.5. The number of anilines is 1. The maximum atomic E-state index is 6.09. The first-order valence-electron chi connectivity index (χ1n) is 4.65. The van der Waals surface area contributed by atoms with Crippen molar-refractivity contribution in [1.29, 1.82) is 0 Å². The molecule has 2 rings (SSSR count). The first-order valence-corrected chi connectivity index (χ1v) is 5.03. The van der Waals surface area contributed by atoms with Gasteiger partial charge in [0, 0.05) is 12.2 Å². The van der Waals surface area contributed by atoms with Crippen LogP contribution in [0.5, 0.6) is 0 Å². The van der Waals surface area contributed by atoms with Crippen molar-refractivity contribution in [2.24, 2.45) is 0 Å². The summed E-state index contributed by atoms with van der Waals surface area (Å²) in [7, 11) is 0. The largest absolute Gasteiger partial charge is 0.381 e. The molecule has 1 aromatic rings. The fraction of sp³-hybridized carbons (Fsp3) is 0.500. The lowest BCUT2D eigenvalue weighted by Gasteiger charge is -2.28. The van der Waals surface area contributed by atoms with E-state index in [0.717, 1.165) is 16.4 Å². The van der Waals surface area contributed by atoms with Crippen LogP contribution in [0.15, 0.2) is 12.3 Å². The summed E-state index contributed by atoms with van der Waals surface area (Å²) in [5, 5.41) is 4.17. The third kappa shape index (κ3) is 1.78. The molecule has 0 bridgehead atoms. The molecule has 1 saturated carbocycles. The molecule has 3 heteroatoms. The molecule has 1 heterocycles. The molecular weight excluding hydrogens is 184 g/mol. The Balaban J connectivity index is 2.14. The van der Waals surface area contributed by atoms with Gasteiger partial charge in [-0.15, -0.1) is 0 Å². The fourth-order valence-corrected chi connectivity index (χ4v) is 1.60. The summed E-state index contributed by atoms with van der Waals surface area (Å²) < 4.78 is 0. The number of pyridine rings is 1. The van der Waals surface area contributed by atoms with Gasteiger partial charge in [-0.05, 0) is 32.3 Å². The lowest BCUT2D eigenvalue weighted by molar-refractivity contribution is 0.445. The Labute approximate surface area is 83.3 Å². The molecule has 1 aromatic heterocycles. The van der Waals surface area contributed by atoms with Gasteiger partial charge >= 0.3 is 0 Å². The Kier molecular flexibility index (Phi) is 2.40. The number of aromatic nitrogens is 1. The van der Waals surface area contributed by atoms with E-state index < -0.39 is 0 Å².